The van der Waals surface area contributed by atoms with Crippen molar-refractivity contribution in [1.82, 2.24) is 4.98 Å². The highest BCUT2D eigenvalue weighted by Crippen LogP contribution is 2.39. The number of rotatable bonds is 7. The monoisotopic (exact) mass is 403 g/mol. The molecular weight excluding hydrogens is 385 g/mol. The first-order valence-electron chi connectivity index (χ1n) is 8.23. The molecule has 6 nitrogen and oxygen atoms in total. The summed E-state index contributed by atoms with van der Waals surface area (Å²) in [5.41, 5.74) is 1.46. The van der Waals surface area contributed by atoms with Gasteiger partial charge in [-0.1, -0.05) is 6.07 Å². The number of hydrogen-bond acceptors (Lipinski definition) is 7. The second-order valence-electron chi connectivity index (χ2n) is 5.61. The molecule has 0 saturated carbocycles. The van der Waals surface area contributed by atoms with Gasteiger partial charge in [0, 0.05) is 5.38 Å². The van der Waals surface area contributed by atoms with Gasteiger partial charge in [0.1, 0.15) is 11.6 Å². The number of thiazole rings is 1. The average Bonchev–Trinajstić information content (AvgIpc) is 3.20. The van der Waals surface area contributed by atoms with Gasteiger partial charge in [-0.2, -0.15) is 0 Å². The average molecular weight is 403 g/mol. The van der Waals surface area contributed by atoms with Crippen molar-refractivity contribution >= 4 is 17.3 Å². The zero-order valence-electron chi connectivity index (χ0n) is 15.5. The quantitative estimate of drug-likeness (QED) is 0.547. The molecule has 0 aliphatic rings. The molecule has 0 radical (unpaired) electrons. The van der Waals surface area contributed by atoms with Gasteiger partial charge in [0.25, 0.3) is 0 Å². The summed E-state index contributed by atoms with van der Waals surface area (Å²) in [6.45, 7) is -0.0325. The van der Waals surface area contributed by atoms with Gasteiger partial charge in [0.2, 0.25) is 0 Å². The lowest BCUT2D eigenvalue weighted by Crippen LogP contribution is -2.06. The highest BCUT2D eigenvalue weighted by molar-refractivity contribution is 7.13. The Morgan fingerprint density at radius 2 is 1.86 bits per heavy atom. The van der Waals surface area contributed by atoms with E-state index in [-0.39, 0.29) is 17.9 Å². The molecule has 0 spiro atoms. The molecule has 8 heteroatoms. The van der Waals surface area contributed by atoms with Gasteiger partial charge in [-0.25, -0.2) is 14.2 Å². The molecule has 0 bridgehead atoms. The molecule has 0 aliphatic heterocycles. The first kappa shape index (κ1) is 19.6. The van der Waals surface area contributed by atoms with Crippen LogP contribution in [0.4, 0.5) is 4.39 Å². The molecule has 0 fully saturated rings. The van der Waals surface area contributed by atoms with E-state index in [4.69, 9.17) is 18.9 Å². The predicted molar refractivity (Wildman–Crippen MR) is 103 cm³/mol. The van der Waals surface area contributed by atoms with Gasteiger partial charge >= 0.3 is 5.97 Å². The van der Waals surface area contributed by atoms with Crippen LogP contribution in [0.5, 0.6) is 17.2 Å². The summed E-state index contributed by atoms with van der Waals surface area (Å²) < 4.78 is 34.5. The lowest BCUT2D eigenvalue weighted by atomic mass is 10.2. The van der Waals surface area contributed by atoms with E-state index in [1.54, 1.807) is 25.7 Å². The smallest absolute Gasteiger partial charge is 0.338 e. The van der Waals surface area contributed by atoms with E-state index in [0.717, 1.165) is 11.6 Å². The van der Waals surface area contributed by atoms with Gasteiger partial charge in [-0.3, -0.25) is 0 Å². The van der Waals surface area contributed by atoms with Gasteiger partial charge in [0.15, 0.2) is 23.1 Å². The van der Waals surface area contributed by atoms with Crippen LogP contribution < -0.4 is 14.2 Å². The van der Waals surface area contributed by atoms with Crippen LogP contribution in [0.15, 0.2) is 41.8 Å². The van der Waals surface area contributed by atoms with Crippen molar-refractivity contribution in [1.29, 1.82) is 0 Å². The van der Waals surface area contributed by atoms with Crippen LogP contribution in [0.1, 0.15) is 16.1 Å². The van der Waals surface area contributed by atoms with E-state index in [2.05, 4.69) is 4.98 Å². The van der Waals surface area contributed by atoms with Crippen LogP contribution in [-0.4, -0.2) is 32.3 Å². The fourth-order valence-corrected chi connectivity index (χ4v) is 3.39. The van der Waals surface area contributed by atoms with Crippen LogP contribution in [0.3, 0.4) is 0 Å². The molecule has 0 atom stereocenters. The van der Waals surface area contributed by atoms with E-state index >= 15 is 0 Å². The number of benzene rings is 2. The van der Waals surface area contributed by atoms with E-state index in [0.29, 0.717) is 22.2 Å². The van der Waals surface area contributed by atoms with Crippen LogP contribution in [-0.2, 0) is 11.3 Å². The highest BCUT2D eigenvalue weighted by atomic mass is 32.1. The Hall–Kier alpha value is -3.13. The Labute approximate surface area is 165 Å². The number of hydrogen-bond donors (Lipinski definition) is 0. The summed E-state index contributed by atoms with van der Waals surface area (Å²) in [6.07, 6.45) is 0. The van der Waals surface area contributed by atoms with E-state index in [9.17, 15) is 9.18 Å². The second kappa shape index (κ2) is 8.71. The third-order valence-corrected chi connectivity index (χ3v) is 4.85. The minimum atomic E-state index is -0.643. The van der Waals surface area contributed by atoms with Crippen molar-refractivity contribution in [3.05, 3.63) is 58.9 Å². The normalized spacial score (nSPS) is 10.4. The number of nitrogens with zero attached hydrogens (tertiary/aromatic N) is 1. The number of para-hydroxylation sites is 1. The minimum Gasteiger partial charge on any atom is -0.494 e. The number of carbonyl (C=O) groups excluding carboxylic acids is 1. The number of methoxy groups -OCH3 is 3. The van der Waals surface area contributed by atoms with Gasteiger partial charge in [-0.15, -0.1) is 11.3 Å². The Bertz CT molecular complexity index is 988. The maximum absolute atomic E-state index is 13.7. The molecule has 3 aromatic rings. The molecule has 0 N–H and O–H groups in total. The summed E-state index contributed by atoms with van der Waals surface area (Å²) in [7, 11) is 4.48. The molecule has 146 valence electrons. The lowest BCUT2D eigenvalue weighted by molar-refractivity contribution is 0.0468. The van der Waals surface area contributed by atoms with Crippen molar-refractivity contribution in [2.75, 3.05) is 21.3 Å². The first-order chi connectivity index (χ1) is 13.6. The van der Waals surface area contributed by atoms with Crippen LogP contribution in [0.25, 0.3) is 10.6 Å². The molecule has 1 aromatic heterocycles. The van der Waals surface area contributed by atoms with Crippen molar-refractivity contribution in [3.8, 4) is 27.8 Å². The third-order valence-electron chi connectivity index (χ3n) is 3.92. The van der Waals surface area contributed by atoms with Crippen molar-refractivity contribution in [2.24, 2.45) is 0 Å². The molecular formula is C20H18FNO5S. The Morgan fingerprint density at radius 3 is 2.54 bits per heavy atom. The third kappa shape index (κ3) is 4.07. The number of halogens is 1. The fourth-order valence-electron chi connectivity index (χ4n) is 2.57. The zero-order valence-corrected chi connectivity index (χ0v) is 16.3. The molecule has 28 heavy (non-hydrogen) atoms. The Kier molecular flexibility index (Phi) is 6.10. The van der Waals surface area contributed by atoms with Crippen LogP contribution in [0, 0.1) is 5.82 Å². The van der Waals surface area contributed by atoms with Crippen LogP contribution in [0.2, 0.25) is 0 Å². The minimum absolute atomic E-state index is 0.0325. The van der Waals surface area contributed by atoms with Crippen molar-refractivity contribution < 1.29 is 28.1 Å². The van der Waals surface area contributed by atoms with Gasteiger partial charge in [0.05, 0.1) is 38.2 Å². The number of carbonyl (C=O) groups is 1. The number of aromatic nitrogens is 1. The highest BCUT2D eigenvalue weighted by Gasteiger charge is 2.16. The summed E-state index contributed by atoms with van der Waals surface area (Å²) >= 11 is 1.39. The number of ether oxygens (including phenoxy) is 4. The van der Waals surface area contributed by atoms with E-state index < -0.39 is 11.8 Å². The van der Waals surface area contributed by atoms with Crippen molar-refractivity contribution in [2.45, 2.75) is 6.61 Å². The van der Waals surface area contributed by atoms with Crippen LogP contribution >= 0.6 is 11.3 Å². The molecule has 2 aromatic carbocycles. The zero-order chi connectivity index (χ0) is 20.1. The van der Waals surface area contributed by atoms with E-state index in [1.165, 1.54) is 30.6 Å². The summed E-state index contributed by atoms with van der Waals surface area (Å²) in [6, 6.07) is 9.41. The molecule has 0 amide bonds. The first-order valence-corrected chi connectivity index (χ1v) is 9.11. The molecule has 0 unspecified atom stereocenters. The topological polar surface area (TPSA) is 66.9 Å². The lowest BCUT2D eigenvalue weighted by Gasteiger charge is -2.10. The standard InChI is InChI=1S/C20H18FNO5S/c1-24-16-8-7-12(9-15(16)21)20(23)27-10-13-11-28-19(22-13)14-5-4-6-17(25-2)18(14)26-3/h4-9,11H,10H2,1-3H3. The Balaban J connectivity index is 1.72. The van der Waals surface area contributed by atoms with Gasteiger partial charge < -0.3 is 18.9 Å². The molecule has 3 rings (SSSR count). The SMILES string of the molecule is COc1ccc(C(=O)OCc2csc(-c3cccc(OC)c3OC)n2)cc1F. The van der Waals surface area contributed by atoms with Crippen molar-refractivity contribution in [3.63, 3.8) is 0 Å². The molecule has 0 aliphatic carbocycles. The van der Waals surface area contributed by atoms with E-state index in [1.807, 2.05) is 12.1 Å². The summed E-state index contributed by atoms with van der Waals surface area (Å²) in [4.78, 5) is 16.6. The maximum Gasteiger partial charge on any atom is 0.338 e. The molecule has 0 saturated heterocycles. The predicted octanol–water partition coefficient (Wildman–Crippen LogP) is 4.33. The summed E-state index contributed by atoms with van der Waals surface area (Å²) in [5, 5.41) is 2.49. The summed E-state index contributed by atoms with van der Waals surface area (Å²) in [5.74, 6) is -0.0256. The Morgan fingerprint density at radius 1 is 1.07 bits per heavy atom. The fraction of sp³-hybridized carbons (Fsp3) is 0.200. The van der Waals surface area contributed by atoms with Gasteiger partial charge in [-0.05, 0) is 30.3 Å². The molecule has 1 heterocycles. The largest absolute Gasteiger partial charge is 0.494 e. The second-order valence-corrected chi connectivity index (χ2v) is 6.47. The maximum atomic E-state index is 13.7. The number of esters is 1.